The number of urea groups is 1. The van der Waals surface area contributed by atoms with E-state index in [9.17, 15) is 9.59 Å². The number of amides is 3. The molecule has 3 rings (SSSR count). The smallest absolute Gasteiger partial charge is 0.319 e. The lowest BCUT2D eigenvalue weighted by atomic mass is 10.1. The second-order valence-electron chi connectivity index (χ2n) is 7.57. The van der Waals surface area contributed by atoms with Crippen LogP contribution in [0.5, 0.6) is 0 Å². The van der Waals surface area contributed by atoms with Crippen LogP contribution in [0.4, 0.5) is 16.2 Å². The summed E-state index contributed by atoms with van der Waals surface area (Å²) < 4.78 is 0. The van der Waals surface area contributed by atoms with Crippen molar-refractivity contribution in [1.29, 1.82) is 0 Å². The highest BCUT2D eigenvalue weighted by Crippen LogP contribution is 2.24. The largest absolute Gasteiger partial charge is 0.333 e. The summed E-state index contributed by atoms with van der Waals surface area (Å²) in [6, 6.07) is 13.5. The van der Waals surface area contributed by atoms with Gasteiger partial charge in [0.25, 0.3) is 0 Å². The molecule has 148 valence electrons. The van der Waals surface area contributed by atoms with Crippen LogP contribution in [0.3, 0.4) is 0 Å². The molecule has 1 aliphatic heterocycles. The monoisotopic (exact) mass is 379 g/mol. The molecule has 1 heterocycles. The normalized spacial score (nSPS) is 16.3. The maximum atomic E-state index is 12.4. The number of aryl methyl sites for hydroxylation is 3. The topological polar surface area (TPSA) is 61.4 Å². The van der Waals surface area contributed by atoms with Gasteiger partial charge in [0.15, 0.2) is 0 Å². The van der Waals surface area contributed by atoms with Crippen LogP contribution >= 0.6 is 0 Å². The summed E-state index contributed by atoms with van der Waals surface area (Å²) in [7, 11) is 0. The third-order valence-electron chi connectivity index (χ3n) is 5.29. The molecule has 0 bridgehead atoms. The second kappa shape index (κ2) is 8.91. The van der Waals surface area contributed by atoms with Crippen LogP contribution in [0.2, 0.25) is 0 Å². The Balaban J connectivity index is 1.54. The highest BCUT2D eigenvalue weighted by molar-refractivity contribution is 5.97. The summed E-state index contributed by atoms with van der Waals surface area (Å²) in [5.41, 5.74) is 5.28. The van der Waals surface area contributed by atoms with Gasteiger partial charge < -0.3 is 15.5 Å². The van der Waals surface area contributed by atoms with E-state index in [2.05, 4.69) is 24.5 Å². The second-order valence-corrected chi connectivity index (χ2v) is 7.57. The summed E-state index contributed by atoms with van der Waals surface area (Å²) in [6.45, 7) is 6.76. The van der Waals surface area contributed by atoms with Crippen molar-refractivity contribution in [2.24, 2.45) is 0 Å². The fraction of sp³-hybridized carbons (Fsp3) is 0.391. The van der Waals surface area contributed by atoms with Crippen LogP contribution in [-0.4, -0.2) is 24.5 Å². The average molecular weight is 380 g/mol. The third-order valence-corrected chi connectivity index (χ3v) is 5.29. The Morgan fingerprint density at radius 3 is 2.54 bits per heavy atom. The van der Waals surface area contributed by atoms with Crippen LogP contribution in [0.1, 0.15) is 42.9 Å². The minimum atomic E-state index is -0.277. The van der Waals surface area contributed by atoms with Crippen LogP contribution in [0, 0.1) is 13.8 Å². The van der Waals surface area contributed by atoms with Crippen molar-refractivity contribution in [3.63, 3.8) is 0 Å². The Kier molecular flexibility index (Phi) is 6.34. The van der Waals surface area contributed by atoms with Crippen LogP contribution in [-0.2, 0) is 11.2 Å². The number of hydrogen-bond acceptors (Lipinski definition) is 2. The van der Waals surface area contributed by atoms with E-state index in [1.54, 1.807) is 4.90 Å². The Hall–Kier alpha value is -2.82. The zero-order valence-corrected chi connectivity index (χ0v) is 16.9. The quantitative estimate of drug-likeness (QED) is 0.772. The maximum absolute atomic E-state index is 12.4. The molecule has 1 aliphatic rings. The molecule has 0 radical (unpaired) electrons. The minimum absolute atomic E-state index is 0.0360. The Morgan fingerprint density at radius 1 is 1.11 bits per heavy atom. The average Bonchev–Trinajstić information content (AvgIpc) is 3.03. The highest BCUT2D eigenvalue weighted by Gasteiger charge is 2.31. The fourth-order valence-electron chi connectivity index (χ4n) is 3.44. The molecule has 1 saturated heterocycles. The van der Waals surface area contributed by atoms with E-state index in [1.807, 2.05) is 49.4 Å². The Bertz CT molecular complexity index is 845. The Labute approximate surface area is 167 Å². The standard InChI is InChI=1S/C23H29N3O2/c1-4-5-6-18-8-10-19(11-9-18)24-23(28)25-20-14-22(27)26(15-20)21-12-7-16(2)17(3)13-21/h7-13,20H,4-6,14-15H2,1-3H3,(H2,24,25,28). The van der Waals surface area contributed by atoms with Crippen molar-refractivity contribution in [3.8, 4) is 0 Å². The molecular weight excluding hydrogens is 350 g/mol. The molecule has 2 aromatic carbocycles. The van der Waals surface area contributed by atoms with Gasteiger partial charge in [-0.15, -0.1) is 0 Å². The molecule has 3 amide bonds. The number of rotatable bonds is 6. The van der Waals surface area contributed by atoms with E-state index in [0.717, 1.165) is 23.4 Å². The van der Waals surface area contributed by atoms with Crippen LogP contribution < -0.4 is 15.5 Å². The molecule has 2 aromatic rings. The van der Waals surface area contributed by atoms with Gasteiger partial charge in [-0.05, 0) is 67.6 Å². The summed E-state index contributed by atoms with van der Waals surface area (Å²) in [4.78, 5) is 26.5. The first-order chi connectivity index (χ1) is 13.5. The van der Waals surface area contributed by atoms with E-state index in [1.165, 1.54) is 24.0 Å². The minimum Gasteiger partial charge on any atom is -0.333 e. The fourth-order valence-corrected chi connectivity index (χ4v) is 3.44. The molecule has 0 saturated carbocycles. The van der Waals surface area contributed by atoms with Crippen LogP contribution in [0.15, 0.2) is 42.5 Å². The number of nitrogens with one attached hydrogen (secondary N) is 2. The first-order valence-corrected chi connectivity index (χ1v) is 10.0. The zero-order valence-electron chi connectivity index (χ0n) is 16.9. The van der Waals surface area contributed by atoms with Gasteiger partial charge in [0.1, 0.15) is 0 Å². The summed E-state index contributed by atoms with van der Waals surface area (Å²) in [5, 5.41) is 5.78. The third kappa shape index (κ3) is 4.91. The molecule has 0 aromatic heterocycles. The number of anilines is 2. The van der Waals surface area contributed by atoms with Crippen molar-refractivity contribution in [2.75, 3.05) is 16.8 Å². The number of carbonyl (C=O) groups is 2. The molecule has 28 heavy (non-hydrogen) atoms. The van der Waals surface area contributed by atoms with Gasteiger partial charge in [-0.2, -0.15) is 0 Å². The van der Waals surface area contributed by atoms with Gasteiger partial charge in [-0.25, -0.2) is 4.79 Å². The highest BCUT2D eigenvalue weighted by atomic mass is 16.2. The van der Waals surface area contributed by atoms with Gasteiger partial charge in [0.05, 0.1) is 6.04 Å². The van der Waals surface area contributed by atoms with E-state index >= 15 is 0 Å². The zero-order chi connectivity index (χ0) is 20.1. The molecule has 1 atom stereocenters. The summed E-state index contributed by atoms with van der Waals surface area (Å²) in [6.07, 6.45) is 3.71. The van der Waals surface area contributed by atoms with Crippen molar-refractivity contribution >= 4 is 23.3 Å². The lowest BCUT2D eigenvalue weighted by molar-refractivity contribution is -0.117. The summed E-state index contributed by atoms with van der Waals surface area (Å²) >= 11 is 0. The van der Waals surface area contributed by atoms with Crippen molar-refractivity contribution in [2.45, 2.75) is 52.5 Å². The number of unbranched alkanes of at least 4 members (excludes halogenated alkanes) is 1. The van der Waals surface area contributed by atoms with E-state index < -0.39 is 0 Å². The lowest BCUT2D eigenvalue weighted by Gasteiger charge is -2.18. The SMILES string of the molecule is CCCCc1ccc(NC(=O)NC2CC(=O)N(c3ccc(C)c(C)c3)C2)cc1. The van der Waals surface area contributed by atoms with Crippen molar-refractivity contribution in [1.82, 2.24) is 5.32 Å². The van der Waals surface area contributed by atoms with Gasteiger partial charge in [-0.1, -0.05) is 31.5 Å². The first-order valence-electron chi connectivity index (χ1n) is 10.0. The van der Waals surface area contributed by atoms with Gasteiger partial charge >= 0.3 is 6.03 Å². The van der Waals surface area contributed by atoms with Gasteiger partial charge in [0.2, 0.25) is 5.91 Å². The molecule has 1 unspecified atom stereocenters. The van der Waals surface area contributed by atoms with Crippen LogP contribution in [0.25, 0.3) is 0 Å². The van der Waals surface area contributed by atoms with Gasteiger partial charge in [0, 0.05) is 24.3 Å². The number of hydrogen-bond donors (Lipinski definition) is 2. The molecule has 5 heteroatoms. The van der Waals surface area contributed by atoms with E-state index in [4.69, 9.17) is 0 Å². The van der Waals surface area contributed by atoms with Gasteiger partial charge in [-0.3, -0.25) is 4.79 Å². The predicted molar refractivity (Wildman–Crippen MR) is 114 cm³/mol. The van der Waals surface area contributed by atoms with E-state index in [-0.39, 0.29) is 18.0 Å². The number of carbonyl (C=O) groups excluding carboxylic acids is 2. The maximum Gasteiger partial charge on any atom is 0.319 e. The molecular formula is C23H29N3O2. The molecule has 0 aliphatic carbocycles. The molecule has 2 N–H and O–H groups in total. The van der Waals surface area contributed by atoms with Crippen molar-refractivity contribution in [3.05, 3.63) is 59.2 Å². The molecule has 0 spiro atoms. The van der Waals surface area contributed by atoms with Crippen molar-refractivity contribution < 1.29 is 9.59 Å². The molecule has 1 fully saturated rings. The number of nitrogens with zero attached hydrogens (tertiary/aromatic N) is 1. The number of benzene rings is 2. The van der Waals surface area contributed by atoms with E-state index in [0.29, 0.717) is 13.0 Å². The summed E-state index contributed by atoms with van der Waals surface area (Å²) in [5.74, 6) is 0.0360. The predicted octanol–water partition coefficient (Wildman–Crippen LogP) is 4.57. The first kappa shape index (κ1) is 19.9. The lowest BCUT2D eigenvalue weighted by Crippen LogP contribution is -2.39. The molecule has 5 nitrogen and oxygen atoms in total. The Morgan fingerprint density at radius 2 is 1.86 bits per heavy atom.